The van der Waals surface area contributed by atoms with Crippen molar-refractivity contribution in [3.63, 3.8) is 0 Å². The van der Waals surface area contributed by atoms with Crippen LogP contribution in [0.3, 0.4) is 0 Å². The Balaban J connectivity index is 1.38. The lowest BCUT2D eigenvalue weighted by atomic mass is 10.1. The molecule has 0 radical (unpaired) electrons. The predicted octanol–water partition coefficient (Wildman–Crippen LogP) is 4.51. The third kappa shape index (κ3) is 3.57. The van der Waals surface area contributed by atoms with Crippen LogP contribution < -0.4 is 4.74 Å². The highest BCUT2D eigenvalue weighted by Gasteiger charge is 2.27. The van der Waals surface area contributed by atoms with Crippen LogP contribution in [0.1, 0.15) is 25.3 Å². The smallest absolute Gasteiger partial charge is 0.281 e. The Kier molecular flexibility index (Phi) is 4.45. The molecule has 4 nitrogen and oxygen atoms in total. The maximum Gasteiger partial charge on any atom is 0.281 e. The number of nitrogens with zero attached hydrogens (tertiary/aromatic N) is 3. The summed E-state index contributed by atoms with van der Waals surface area (Å²) in [5.74, 6) is 0.826. The molecular weight excluding hydrogens is 318 g/mol. The monoisotopic (exact) mass is 339 g/mol. The summed E-state index contributed by atoms with van der Waals surface area (Å²) in [6.45, 7) is 4.55. The maximum absolute atomic E-state index is 5.87. The Hall–Kier alpha value is -1.98. The summed E-state index contributed by atoms with van der Waals surface area (Å²) >= 11 is 1.47. The van der Waals surface area contributed by atoms with Crippen LogP contribution in [0, 0.1) is 0 Å². The summed E-state index contributed by atoms with van der Waals surface area (Å²) in [6, 6.07) is 13.1. The van der Waals surface area contributed by atoms with E-state index in [4.69, 9.17) is 4.74 Å². The van der Waals surface area contributed by atoms with Gasteiger partial charge >= 0.3 is 0 Å². The minimum Gasteiger partial charge on any atom is -0.431 e. The van der Waals surface area contributed by atoms with Crippen molar-refractivity contribution in [2.75, 3.05) is 13.1 Å². The van der Waals surface area contributed by atoms with Crippen molar-refractivity contribution in [2.45, 2.75) is 32.2 Å². The zero-order valence-corrected chi connectivity index (χ0v) is 14.6. The van der Waals surface area contributed by atoms with Crippen LogP contribution in [-0.2, 0) is 6.42 Å². The molecule has 0 amide bonds. The molecule has 1 aliphatic carbocycles. The fourth-order valence-corrected chi connectivity index (χ4v) is 3.71. The topological polar surface area (TPSA) is 38.2 Å². The van der Waals surface area contributed by atoms with Crippen molar-refractivity contribution in [1.82, 2.24) is 14.9 Å². The molecule has 124 valence electrons. The summed E-state index contributed by atoms with van der Waals surface area (Å²) in [6.07, 6.45) is 5.62. The second-order valence-electron chi connectivity index (χ2n) is 6.16. The number of ether oxygens (including phenoxy) is 1. The molecule has 2 aromatic heterocycles. The van der Waals surface area contributed by atoms with Crippen LogP contribution in [-0.4, -0.2) is 34.0 Å². The molecular formula is C19H21N3OS. The Morgan fingerprint density at radius 2 is 2.04 bits per heavy atom. The quantitative estimate of drug-likeness (QED) is 0.635. The number of pyridine rings is 1. The van der Waals surface area contributed by atoms with Gasteiger partial charge in [0.2, 0.25) is 0 Å². The van der Waals surface area contributed by atoms with E-state index in [-0.39, 0.29) is 0 Å². The molecule has 0 saturated heterocycles. The molecule has 24 heavy (non-hydrogen) atoms. The molecule has 1 fully saturated rings. The highest BCUT2D eigenvalue weighted by molar-refractivity contribution is 7.19. The summed E-state index contributed by atoms with van der Waals surface area (Å²) in [4.78, 5) is 12.2. The van der Waals surface area contributed by atoms with Gasteiger partial charge < -0.3 is 9.64 Å². The van der Waals surface area contributed by atoms with Gasteiger partial charge in [-0.25, -0.2) is 9.97 Å². The Bertz CT molecular complexity index is 778. The van der Waals surface area contributed by atoms with Crippen molar-refractivity contribution in [3.05, 3.63) is 48.2 Å². The van der Waals surface area contributed by atoms with E-state index in [1.165, 1.54) is 29.7 Å². The fourth-order valence-electron chi connectivity index (χ4n) is 2.93. The van der Waals surface area contributed by atoms with E-state index in [0.717, 1.165) is 41.6 Å². The molecule has 0 N–H and O–H groups in total. The van der Waals surface area contributed by atoms with Crippen molar-refractivity contribution in [1.29, 1.82) is 0 Å². The molecule has 3 aromatic rings. The molecule has 0 aliphatic heterocycles. The highest BCUT2D eigenvalue weighted by atomic mass is 32.1. The number of hydrogen-bond acceptors (Lipinski definition) is 5. The molecule has 0 bridgehead atoms. The summed E-state index contributed by atoms with van der Waals surface area (Å²) in [5.41, 5.74) is 2.24. The largest absolute Gasteiger partial charge is 0.431 e. The number of aromatic nitrogens is 2. The summed E-state index contributed by atoms with van der Waals surface area (Å²) < 4.78 is 5.87. The van der Waals surface area contributed by atoms with Crippen molar-refractivity contribution in [3.8, 4) is 10.9 Å². The van der Waals surface area contributed by atoms with Crippen molar-refractivity contribution >= 4 is 21.7 Å². The number of hydrogen-bond donors (Lipinski definition) is 0. The number of rotatable bonds is 7. The lowest BCUT2D eigenvalue weighted by Crippen LogP contribution is -2.27. The summed E-state index contributed by atoms with van der Waals surface area (Å²) in [7, 11) is 0. The van der Waals surface area contributed by atoms with Gasteiger partial charge in [0.1, 0.15) is 16.1 Å². The van der Waals surface area contributed by atoms with Crippen LogP contribution in [0.2, 0.25) is 0 Å². The van der Waals surface area contributed by atoms with Crippen LogP contribution in [0.25, 0.3) is 10.3 Å². The van der Waals surface area contributed by atoms with Crippen LogP contribution >= 0.6 is 11.3 Å². The number of likely N-dealkylation sites (N-methyl/N-ethyl adjacent to an activating group) is 1. The van der Waals surface area contributed by atoms with Gasteiger partial charge in [0.15, 0.2) is 0 Å². The van der Waals surface area contributed by atoms with E-state index in [1.807, 2.05) is 24.3 Å². The van der Waals surface area contributed by atoms with Crippen molar-refractivity contribution < 1.29 is 4.74 Å². The normalized spacial score (nSPS) is 14.4. The predicted molar refractivity (Wildman–Crippen MR) is 97.9 cm³/mol. The van der Waals surface area contributed by atoms with Crippen LogP contribution in [0.4, 0.5) is 0 Å². The third-order valence-electron chi connectivity index (χ3n) is 4.43. The first kappa shape index (κ1) is 15.5. The minimum absolute atomic E-state index is 0.641. The lowest BCUT2D eigenvalue weighted by molar-refractivity contribution is 0.281. The zero-order valence-electron chi connectivity index (χ0n) is 13.8. The highest BCUT2D eigenvalue weighted by Crippen LogP contribution is 2.30. The van der Waals surface area contributed by atoms with Gasteiger partial charge in [-0.2, -0.15) is 0 Å². The van der Waals surface area contributed by atoms with E-state index in [1.54, 1.807) is 6.20 Å². The molecule has 4 rings (SSSR count). The average Bonchev–Trinajstić information content (AvgIpc) is 3.36. The third-order valence-corrected chi connectivity index (χ3v) is 5.29. The molecule has 5 heteroatoms. The number of fused-ring (bicyclic) bond motifs is 1. The van der Waals surface area contributed by atoms with E-state index >= 15 is 0 Å². The first-order valence-electron chi connectivity index (χ1n) is 8.54. The molecule has 1 aromatic carbocycles. The van der Waals surface area contributed by atoms with Crippen molar-refractivity contribution in [2.24, 2.45) is 0 Å². The molecule has 0 unspecified atom stereocenters. The second-order valence-corrected chi connectivity index (χ2v) is 7.10. The Labute approximate surface area is 146 Å². The van der Waals surface area contributed by atoms with Gasteiger partial charge in [-0.15, -0.1) is 0 Å². The van der Waals surface area contributed by atoms with Gasteiger partial charge in [0, 0.05) is 18.8 Å². The zero-order chi connectivity index (χ0) is 16.4. The first-order valence-corrected chi connectivity index (χ1v) is 9.36. The van der Waals surface area contributed by atoms with Gasteiger partial charge in [0.05, 0.1) is 0 Å². The van der Waals surface area contributed by atoms with Gasteiger partial charge in [-0.1, -0.05) is 30.4 Å². The Morgan fingerprint density at radius 1 is 1.21 bits per heavy atom. The molecule has 1 saturated carbocycles. The summed E-state index contributed by atoms with van der Waals surface area (Å²) in [5, 5.41) is 0.641. The Morgan fingerprint density at radius 3 is 2.75 bits per heavy atom. The average molecular weight is 339 g/mol. The van der Waals surface area contributed by atoms with Gasteiger partial charge in [-0.05, 0) is 55.6 Å². The van der Waals surface area contributed by atoms with Crippen LogP contribution in [0.15, 0.2) is 42.6 Å². The first-order chi connectivity index (χ1) is 11.8. The number of thiazole rings is 1. The van der Waals surface area contributed by atoms with E-state index in [0.29, 0.717) is 5.19 Å². The lowest BCUT2D eigenvalue weighted by Gasteiger charge is -2.19. The standard InChI is InChI=1S/C19H21N3OS/c1-2-22(15-7-8-15)13-11-14-5-9-16(10-6-14)23-19-21-17-4-3-12-20-18(17)24-19/h3-6,9-10,12,15H,2,7-8,11,13H2,1H3. The fraction of sp³-hybridized carbons (Fsp3) is 0.368. The minimum atomic E-state index is 0.641. The van der Waals surface area contributed by atoms with Gasteiger partial charge in [-0.3, -0.25) is 0 Å². The molecule has 2 heterocycles. The SMILES string of the molecule is CCN(CCc1ccc(Oc2nc3cccnc3s2)cc1)C1CC1. The van der Waals surface area contributed by atoms with Crippen LogP contribution in [0.5, 0.6) is 10.9 Å². The molecule has 0 spiro atoms. The van der Waals surface area contributed by atoms with E-state index < -0.39 is 0 Å². The van der Waals surface area contributed by atoms with Gasteiger partial charge in [0.25, 0.3) is 5.19 Å². The van der Waals surface area contributed by atoms with E-state index in [9.17, 15) is 0 Å². The molecule has 1 aliphatic rings. The molecule has 0 atom stereocenters. The van der Waals surface area contributed by atoms with E-state index in [2.05, 4.69) is 33.9 Å². The maximum atomic E-state index is 5.87. The second kappa shape index (κ2) is 6.87. The number of benzene rings is 1.